The molecule has 1 aliphatic heterocycles. The van der Waals surface area contributed by atoms with E-state index in [-0.39, 0.29) is 35.7 Å². The maximum Gasteiger partial charge on any atom is 0.191 e. The number of aliphatic imine (C=N–C) groups is 1. The Bertz CT molecular complexity index is 1070. The zero-order chi connectivity index (χ0) is 21.8. The van der Waals surface area contributed by atoms with Crippen molar-refractivity contribution in [2.24, 2.45) is 12.0 Å². The Kier molecular flexibility index (Phi) is 7.99. The van der Waals surface area contributed by atoms with Crippen LogP contribution in [0, 0.1) is 11.6 Å². The minimum Gasteiger partial charge on any atom is -0.368 e. The molecule has 0 saturated carbocycles. The van der Waals surface area contributed by atoms with Gasteiger partial charge in [-0.1, -0.05) is 6.07 Å². The number of hydrogen-bond donors (Lipinski definition) is 3. The quantitative estimate of drug-likeness (QED) is 0.185. The van der Waals surface area contributed by atoms with E-state index < -0.39 is 11.6 Å². The molecular weight excluding hydrogens is 531 g/mol. The van der Waals surface area contributed by atoms with Crippen molar-refractivity contribution in [3.8, 4) is 0 Å². The number of aromatic nitrogens is 4. The molecule has 0 spiro atoms. The van der Waals surface area contributed by atoms with Gasteiger partial charge in [0.2, 0.25) is 0 Å². The van der Waals surface area contributed by atoms with Gasteiger partial charge in [0.05, 0.1) is 11.6 Å². The number of benzene rings is 1. The van der Waals surface area contributed by atoms with E-state index in [0.29, 0.717) is 32.1 Å². The molecule has 9 nitrogen and oxygen atoms in total. The molecule has 0 bridgehead atoms. The molecule has 1 aliphatic rings. The van der Waals surface area contributed by atoms with E-state index >= 15 is 0 Å². The van der Waals surface area contributed by atoms with E-state index in [0.717, 1.165) is 23.3 Å². The molecule has 0 amide bonds. The summed E-state index contributed by atoms with van der Waals surface area (Å²) in [7, 11) is 3.52. The molecule has 1 aromatic carbocycles. The number of aryl methyl sites for hydroxylation is 1. The molecule has 2 aromatic heterocycles. The summed E-state index contributed by atoms with van der Waals surface area (Å²) >= 11 is 0. The third-order valence-electron chi connectivity index (χ3n) is 5.25. The highest BCUT2D eigenvalue weighted by molar-refractivity contribution is 14.0. The van der Waals surface area contributed by atoms with E-state index in [1.807, 2.05) is 7.05 Å². The second-order valence-electron chi connectivity index (χ2n) is 7.30. The lowest BCUT2D eigenvalue weighted by Crippen LogP contribution is -2.45. The third-order valence-corrected chi connectivity index (χ3v) is 5.25. The number of nitrogens with zero attached hydrogens (tertiary/aromatic N) is 6. The third kappa shape index (κ3) is 5.16. The van der Waals surface area contributed by atoms with E-state index in [1.54, 1.807) is 22.8 Å². The van der Waals surface area contributed by atoms with Crippen LogP contribution in [0.3, 0.4) is 0 Å². The fourth-order valence-electron chi connectivity index (χ4n) is 3.73. The highest BCUT2D eigenvalue weighted by Crippen LogP contribution is 2.26. The van der Waals surface area contributed by atoms with Crippen LogP contribution in [0.2, 0.25) is 0 Å². The summed E-state index contributed by atoms with van der Waals surface area (Å²) in [6.07, 6.45) is 3.99. The van der Waals surface area contributed by atoms with Gasteiger partial charge in [-0.25, -0.2) is 18.7 Å². The van der Waals surface area contributed by atoms with Crippen LogP contribution in [0.5, 0.6) is 0 Å². The number of rotatable bonds is 6. The molecule has 0 aliphatic carbocycles. The Labute approximate surface area is 201 Å². The van der Waals surface area contributed by atoms with E-state index in [1.165, 1.54) is 24.5 Å². The van der Waals surface area contributed by atoms with Crippen molar-refractivity contribution in [3.63, 3.8) is 0 Å². The molecule has 1 saturated heterocycles. The molecule has 1 atom stereocenters. The first-order valence-electron chi connectivity index (χ1n) is 10.1. The van der Waals surface area contributed by atoms with Crippen molar-refractivity contribution in [3.05, 3.63) is 42.4 Å². The molecule has 3 heterocycles. The number of para-hydroxylation sites is 1. The fraction of sp³-hybridized carbons (Fsp3) is 0.400. The van der Waals surface area contributed by atoms with Crippen molar-refractivity contribution < 1.29 is 8.78 Å². The molecule has 1 fully saturated rings. The maximum absolute atomic E-state index is 14.0. The van der Waals surface area contributed by atoms with Gasteiger partial charge in [0.25, 0.3) is 0 Å². The number of hydrogen-bond acceptors (Lipinski definition) is 6. The van der Waals surface area contributed by atoms with Gasteiger partial charge < -0.3 is 20.9 Å². The number of halogens is 3. The average Bonchev–Trinajstić information content (AvgIpc) is 3.37. The van der Waals surface area contributed by atoms with Crippen LogP contribution >= 0.6 is 24.0 Å². The normalized spacial score (nSPS) is 16.2. The smallest absolute Gasteiger partial charge is 0.191 e. The standard InChI is InChI=1S/C20H25F2N9.HI/c1-23-20(25-8-7-24-18-14-10-28-30(2)19(14)27-12-26-18)29-13-6-9-31(11-13)17-15(21)4-3-5-16(17)22;/h3-5,10,12-13H,6-9,11H2,1-2H3,(H2,23,25,29)(H,24,26,27);1H. The first-order chi connectivity index (χ1) is 15.1. The summed E-state index contributed by atoms with van der Waals surface area (Å²) in [6, 6.07) is 3.98. The number of fused-ring (bicyclic) bond motifs is 1. The summed E-state index contributed by atoms with van der Waals surface area (Å²) in [5.41, 5.74) is 0.797. The molecule has 4 rings (SSSR count). The molecule has 3 N–H and O–H groups in total. The zero-order valence-electron chi connectivity index (χ0n) is 17.8. The van der Waals surface area contributed by atoms with Crippen LogP contribution < -0.4 is 20.9 Å². The minimum atomic E-state index is -0.540. The van der Waals surface area contributed by atoms with E-state index in [2.05, 4.69) is 36.0 Å². The summed E-state index contributed by atoms with van der Waals surface area (Å²) in [4.78, 5) is 14.5. The molecular formula is C20H26F2IN9. The van der Waals surface area contributed by atoms with Gasteiger partial charge >= 0.3 is 0 Å². The Balaban J connectivity index is 0.00000289. The largest absolute Gasteiger partial charge is 0.368 e. The van der Waals surface area contributed by atoms with Gasteiger partial charge in [-0.15, -0.1) is 24.0 Å². The van der Waals surface area contributed by atoms with Gasteiger partial charge in [-0.05, 0) is 18.6 Å². The van der Waals surface area contributed by atoms with Crippen molar-refractivity contribution in [1.29, 1.82) is 0 Å². The SMILES string of the molecule is CN=C(NCCNc1ncnc2c1cnn2C)NC1CCN(c2c(F)cccc2F)C1.I. The van der Waals surface area contributed by atoms with Gasteiger partial charge in [0.1, 0.15) is 29.5 Å². The van der Waals surface area contributed by atoms with Crippen molar-refractivity contribution in [2.45, 2.75) is 12.5 Å². The van der Waals surface area contributed by atoms with Crippen molar-refractivity contribution >= 4 is 52.5 Å². The van der Waals surface area contributed by atoms with Crippen molar-refractivity contribution in [2.75, 3.05) is 43.4 Å². The average molecular weight is 557 g/mol. The lowest BCUT2D eigenvalue weighted by Gasteiger charge is -2.21. The highest BCUT2D eigenvalue weighted by atomic mass is 127. The Morgan fingerprint density at radius 3 is 2.75 bits per heavy atom. The Hall–Kier alpha value is -2.77. The first-order valence-corrected chi connectivity index (χ1v) is 10.1. The predicted molar refractivity (Wildman–Crippen MR) is 132 cm³/mol. The number of anilines is 2. The van der Waals surface area contributed by atoms with Crippen LogP contribution in [-0.2, 0) is 7.05 Å². The van der Waals surface area contributed by atoms with Crippen LogP contribution in [-0.4, -0.2) is 65.0 Å². The van der Waals surface area contributed by atoms with Gasteiger partial charge in [-0.3, -0.25) is 9.67 Å². The highest BCUT2D eigenvalue weighted by Gasteiger charge is 2.27. The molecule has 0 radical (unpaired) electrons. The molecule has 172 valence electrons. The molecule has 1 unspecified atom stereocenters. The van der Waals surface area contributed by atoms with Crippen LogP contribution in [0.15, 0.2) is 35.7 Å². The topological polar surface area (TPSA) is 95.3 Å². The summed E-state index contributed by atoms with van der Waals surface area (Å²) in [5, 5.41) is 14.9. The lowest BCUT2D eigenvalue weighted by atomic mass is 10.2. The van der Waals surface area contributed by atoms with E-state index in [4.69, 9.17) is 0 Å². The molecule has 3 aromatic rings. The van der Waals surface area contributed by atoms with Crippen LogP contribution in [0.4, 0.5) is 20.3 Å². The molecule has 12 heteroatoms. The second-order valence-corrected chi connectivity index (χ2v) is 7.30. The predicted octanol–water partition coefficient (Wildman–Crippen LogP) is 2.12. The summed E-state index contributed by atoms with van der Waals surface area (Å²) in [5.74, 6) is 0.279. The number of nitrogens with one attached hydrogen (secondary N) is 3. The fourth-order valence-corrected chi connectivity index (χ4v) is 3.73. The summed E-state index contributed by atoms with van der Waals surface area (Å²) < 4.78 is 29.8. The Morgan fingerprint density at radius 1 is 1.22 bits per heavy atom. The monoisotopic (exact) mass is 557 g/mol. The van der Waals surface area contributed by atoms with Gasteiger partial charge in [0.15, 0.2) is 11.6 Å². The summed E-state index contributed by atoms with van der Waals surface area (Å²) in [6.45, 7) is 2.28. The van der Waals surface area contributed by atoms with Crippen LogP contribution in [0.25, 0.3) is 11.0 Å². The Morgan fingerprint density at radius 2 is 2.00 bits per heavy atom. The second kappa shape index (κ2) is 10.7. The van der Waals surface area contributed by atoms with Crippen LogP contribution in [0.1, 0.15) is 6.42 Å². The first kappa shape index (κ1) is 23.9. The van der Waals surface area contributed by atoms with Gasteiger partial charge in [0, 0.05) is 46.3 Å². The van der Waals surface area contributed by atoms with Gasteiger partial charge in [-0.2, -0.15) is 5.10 Å². The maximum atomic E-state index is 14.0. The molecule has 32 heavy (non-hydrogen) atoms. The van der Waals surface area contributed by atoms with E-state index in [9.17, 15) is 8.78 Å². The lowest BCUT2D eigenvalue weighted by molar-refractivity contribution is 0.576. The minimum absolute atomic E-state index is 0. The zero-order valence-corrected chi connectivity index (χ0v) is 20.2. The number of guanidine groups is 1. The van der Waals surface area contributed by atoms with Crippen molar-refractivity contribution in [1.82, 2.24) is 30.4 Å².